The molecule has 2 aromatic rings. The molecule has 122 valence electrons. The second-order valence-corrected chi connectivity index (χ2v) is 7.03. The Balaban J connectivity index is 1.77. The molecule has 1 N–H and O–H groups in total. The van der Waals surface area contributed by atoms with Gasteiger partial charge in [-0.3, -0.25) is 5.10 Å². The van der Waals surface area contributed by atoms with Crippen molar-refractivity contribution in [1.82, 2.24) is 15.1 Å². The lowest BCUT2D eigenvalue weighted by Gasteiger charge is -2.30. The number of nitrogens with one attached hydrogen (secondary N) is 1. The number of benzene rings is 1. The third kappa shape index (κ3) is 3.38. The number of hydrogen-bond acceptors (Lipinski definition) is 3. The molecule has 23 heavy (non-hydrogen) atoms. The van der Waals surface area contributed by atoms with Gasteiger partial charge >= 0.3 is 6.09 Å². The number of carbonyl (C=O) groups excluding carboxylic acids is 1. The zero-order valence-electron chi connectivity index (χ0n) is 14.1. The fourth-order valence-electron chi connectivity index (χ4n) is 2.86. The summed E-state index contributed by atoms with van der Waals surface area (Å²) in [5.74, 6) is 0. The molecule has 0 aliphatic carbocycles. The van der Waals surface area contributed by atoms with Gasteiger partial charge in [0.25, 0.3) is 0 Å². The minimum absolute atomic E-state index is 0.242. The van der Waals surface area contributed by atoms with Crippen molar-refractivity contribution in [2.75, 3.05) is 13.1 Å². The van der Waals surface area contributed by atoms with Gasteiger partial charge in [0.2, 0.25) is 0 Å². The normalized spacial score (nSPS) is 15.7. The van der Waals surface area contributed by atoms with Gasteiger partial charge in [0, 0.05) is 18.5 Å². The second kappa shape index (κ2) is 5.72. The molecule has 5 heteroatoms. The molecular formula is C18H23N3O2. The minimum atomic E-state index is -0.455. The Morgan fingerprint density at radius 2 is 2.13 bits per heavy atom. The summed E-state index contributed by atoms with van der Waals surface area (Å²) in [6, 6.07) is 4.29. The fourth-order valence-corrected chi connectivity index (χ4v) is 2.86. The van der Waals surface area contributed by atoms with E-state index in [-0.39, 0.29) is 6.09 Å². The number of aromatic nitrogens is 2. The Bertz CT molecular complexity index is 768. The van der Waals surface area contributed by atoms with Gasteiger partial charge in [-0.2, -0.15) is 5.10 Å². The van der Waals surface area contributed by atoms with Crippen molar-refractivity contribution in [2.24, 2.45) is 0 Å². The van der Waals surface area contributed by atoms with Crippen LogP contribution in [0.1, 0.15) is 38.3 Å². The first-order valence-corrected chi connectivity index (χ1v) is 7.94. The number of carbonyl (C=O) groups is 1. The van der Waals surface area contributed by atoms with E-state index < -0.39 is 5.60 Å². The highest BCUT2D eigenvalue weighted by Gasteiger charge is 2.24. The van der Waals surface area contributed by atoms with E-state index in [2.05, 4.69) is 35.3 Å². The molecule has 0 saturated heterocycles. The predicted molar refractivity (Wildman–Crippen MR) is 91.2 cm³/mol. The lowest BCUT2D eigenvalue weighted by atomic mass is 9.94. The summed E-state index contributed by atoms with van der Waals surface area (Å²) in [5, 5.41) is 8.22. The van der Waals surface area contributed by atoms with Crippen LogP contribution in [0.3, 0.4) is 0 Å². The molecule has 0 spiro atoms. The number of fused-ring (bicyclic) bond motifs is 1. The first-order chi connectivity index (χ1) is 10.8. The topological polar surface area (TPSA) is 58.2 Å². The summed E-state index contributed by atoms with van der Waals surface area (Å²) in [7, 11) is 0. The number of ether oxygens (including phenoxy) is 1. The molecule has 0 saturated carbocycles. The molecule has 0 bridgehead atoms. The molecule has 2 heterocycles. The molecule has 1 aromatic heterocycles. The lowest BCUT2D eigenvalue weighted by Crippen LogP contribution is -2.39. The maximum atomic E-state index is 12.1. The van der Waals surface area contributed by atoms with E-state index in [1.54, 1.807) is 4.90 Å². The number of aryl methyl sites for hydroxylation is 1. The fraction of sp³-hybridized carbons (Fsp3) is 0.444. The van der Waals surface area contributed by atoms with Gasteiger partial charge in [0.05, 0.1) is 11.7 Å². The number of nitrogens with zero attached hydrogens (tertiary/aromatic N) is 2. The Labute approximate surface area is 136 Å². The van der Waals surface area contributed by atoms with Gasteiger partial charge in [-0.25, -0.2) is 4.79 Å². The molecule has 1 aliphatic rings. The van der Waals surface area contributed by atoms with Gasteiger partial charge in [-0.05, 0) is 62.9 Å². The molecule has 1 aromatic carbocycles. The van der Waals surface area contributed by atoms with Crippen LogP contribution in [-0.4, -0.2) is 39.9 Å². The molecule has 0 unspecified atom stereocenters. The molecular weight excluding hydrogens is 290 g/mol. The van der Waals surface area contributed by atoms with Crippen molar-refractivity contribution >= 4 is 22.6 Å². The van der Waals surface area contributed by atoms with Crippen LogP contribution in [0.15, 0.2) is 24.4 Å². The molecule has 1 amide bonds. The van der Waals surface area contributed by atoms with Gasteiger partial charge in [0.15, 0.2) is 0 Å². The molecule has 3 rings (SSSR count). The maximum absolute atomic E-state index is 12.1. The van der Waals surface area contributed by atoms with E-state index in [4.69, 9.17) is 4.74 Å². The minimum Gasteiger partial charge on any atom is -0.444 e. The van der Waals surface area contributed by atoms with Crippen LogP contribution >= 0.6 is 0 Å². The summed E-state index contributed by atoms with van der Waals surface area (Å²) in [4.78, 5) is 13.9. The van der Waals surface area contributed by atoms with Gasteiger partial charge < -0.3 is 9.64 Å². The monoisotopic (exact) mass is 313 g/mol. The van der Waals surface area contributed by atoms with E-state index in [1.165, 1.54) is 16.7 Å². The predicted octanol–water partition coefficient (Wildman–Crippen LogP) is 3.90. The van der Waals surface area contributed by atoms with Crippen LogP contribution in [0, 0.1) is 6.92 Å². The maximum Gasteiger partial charge on any atom is 0.410 e. The average molecular weight is 313 g/mol. The van der Waals surface area contributed by atoms with Crippen molar-refractivity contribution in [3.63, 3.8) is 0 Å². The smallest absolute Gasteiger partial charge is 0.410 e. The molecule has 0 fully saturated rings. The third-order valence-electron chi connectivity index (χ3n) is 3.99. The second-order valence-electron chi connectivity index (χ2n) is 7.03. The van der Waals surface area contributed by atoms with Gasteiger partial charge in [-0.1, -0.05) is 6.08 Å². The van der Waals surface area contributed by atoms with Crippen LogP contribution in [0.5, 0.6) is 0 Å². The number of aromatic amines is 1. The number of H-pyrrole nitrogens is 1. The highest BCUT2D eigenvalue weighted by Crippen LogP contribution is 2.28. The van der Waals surface area contributed by atoms with E-state index in [0.717, 1.165) is 17.3 Å². The first kappa shape index (κ1) is 15.6. The molecule has 0 atom stereocenters. The summed E-state index contributed by atoms with van der Waals surface area (Å²) >= 11 is 0. The van der Waals surface area contributed by atoms with Crippen LogP contribution in [0.25, 0.3) is 16.5 Å². The number of amides is 1. The first-order valence-electron chi connectivity index (χ1n) is 7.94. The van der Waals surface area contributed by atoms with Crippen molar-refractivity contribution < 1.29 is 9.53 Å². The van der Waals surface area contributed by atoms with E-state index in [1.807, 2.05) is 27.0 Å². The standard InChI is InChI=1S/C18H23N3O2/c1-12-9-14-11-19-20-16(14)10-15(12)13-5-7-21(8-6-13)17(22)23-18(2,3)4/h5,9-11H,6-8H2,1-4H3,(H,19,20). The highest BCUT2D eigenvalue weighted by molar-refractivity contribution is 5.85. The number of hydrogen-bond donors (Lipinski definition) is 1. The summed E-state index contributed by atoms with van der Waals surface area (Å²) < 4.78 is 5.43. The zero-order valence-corrected chi connectivity index (χ0v) is 14.1. The van der Waals surface area contributed by atoms with Crippen LogP contribution in [0.2, 0.25) is 0 Å². The number of rotatable bonds is 1. The average Bonchev–Trinajstić information content (AvgIpc) is 2.92. The summed E-state index contributed by atoms with van der Waals surface area (Å²) in [6.07, 6.45) is 4.55. The van der Waals surface area contributed by atoms with E-state index >= 15 is 0 Å². The van der Waals surface area contributed by atoms with Crippen molar-refractivity contribution in [2.45, 2.75) is 39.7 Å². The SMILES string of the molecule is Cc1cc2cn[nH]c2cc1C1=CCN(C(=O)OC(C)(C)C)CC1. The molecule has 5 nitrogen and oxygen atoms in total. The van der Waals surface area contributed by atoms with Crippen molar-refractivity contribution in [3.05, 3.63) is 35.5 Å². The van der Waals surface area contributed by atoms with E-state index in [0.29, 0.717) is 13.1 Å². The Kier molecular flexibility index (Phi) is 3.88. The van der Waals surface area contributed by atoms with Crippen LogP contribution in [-0.2, 0) is 4.74 Å². The Hall–Kier alpha value is -2.30. The summed E-state index contributed by atoms with van der Waals surface area (Å²) in [6.45, 7) is 9.05. The quantitative estimate of drug-likeness (QED) is 0.868. The molecule has 0 radical (unpaired) electrons. The van der Waals surface area contributed by atoms with Crippen LogP contribution < -0.4 is 0 Å². The zero-order chi connectivity index (χ0) is 16.6. The van der Waals surface area contributed by atoms with E-state index in [9.17, 15) is 4.79 Å². The van der Waals surface area contributed by atoms with Gasteiger partial charge in [-0.15, -0.1) is 0 Å². The molecule has 1 aliphatic heterocycles. The van der Waals surface area contributed by atoms with Crippen LogP contribution in [0.4, 0.5) is 4.79 Å². The summed E-state index contributed by atoms with van der Waals surface area (Å²) in [5.41, 5.74) is 4.32. The largest absolute Gasteiger partial charge is 0.444 e. The van der Waals surface area contributed by atoms with Gasteiger partial charge in [0.1, 0.15) is 5.60 Å². The Morgan fingerprint density at radius 3 is 2.78 bits per heavy atom. The van der Waals surface area contributed by atoms with Crippen molar-refractivity contribution in [1.29, 1.82) is 0 Å². The van der Waals surface area contributed by atoms with Crippen molar-refractivity contribution in [3.8, 4) is 0 Å². The lowest BCUT2D eigenvalue weighted by molar-refractivity contribution is 0.0270. The Morgan fingerprint density at radius 1 is 1.35 bits per heavy atom. The third-order valence-corrected chi connectivity index (χ3v) is 3.99. The highest BCUT2D eigenvalue weighted by atomic mass is 16.6.